The summed E-state index contributed by atoms with van der Waals surface area (Å²) in [4.78, 5) is 27.2. The van der Waals surface area contributed by atoms with E-state index in [-0.39, 0.29) is 18.7 Å². The summed E-state index contributed by atoms with van der Waals surface area (Å²) in [5, 5.41) is 2.65. The molecule has 162 valence electrons. The van der Waals surface area contributed by atoms with Crippen LogP contribution in [0.5, 0.6) is 5.88 Å². The monoisotopic (exact) mass is 421 g/mol. The Hall–Kier alpha value is -3.26. The number of pyridine rings is 1. The zero-order chi connectivity index (χ0) is 21.8. The van der Waals surface area contributed by atoms with Gasteiger partial charge in [0, 0.05) is 31.5 Å². The van der Waals surface area contributed by atoms with Crippen molar-refractivity contribution in [2.45, 2.75) is 25.9 Å². The standard InChI is InChI=1S/C23H27N5O3/c1-15(2)16-4-6-17(7-5-16)19-12-20-21(26-9-8-25-20)22(27-19)31-14-18-13-28(10-11-30-18)23(29)24-3/h4-9,12,15,18H,10-11,13-14H2,1-3H3,(H,24,29). The second-order valence-corrected chi connectivity index (χ2v) is 7.82. The molecule has 2 amide bonds. The smallest absolute Gasteiger partial charge is 0.317 e. The Morgan fingerprint density at radius 2 is 2.03 bits per heavy atom. The van der Waals surface area contributed by atoms with Crippen molar-refractivity contribution in [2.24, 2.45) is 0 Å². The van der Waals surface area contributed by atoms with Crippen LogP contribution in [0, 0.1) is 0 Å². The minimum atomic E-state index is -0.242. The van der Waals surface area contributed by atoms with E-state index in [9.17, 15) is 4.79 Å². The molecule has 0 radical (unpaired) electrons. The van der Waals surface area contributed by atoms with E-state index in [4.69, 9.17) is 14.5 Å². The number of benzene rings is 1. The largest absolute Gasteiger partial charge is 0.473 e. The molecule has 3 aromatic rings. The van der Waals surface area contributed by atoms with Crippen LogP contribution in [0.3, 0.4) is 0 Å². The van der Waals surface area contributed by atoms with E-state index in [2.05, 4.69) is 53.4 Å². The summed E-state index contributed by atoms with van der Waals surface area (Å²) in [7, 11) is 1.62. The highest BCUT2D eigenvalue weighted by atomic mass is 16.5. The van der Waals surface area contributed by atoms with E-state index in [1.165, 1.54) is 5.56 Å². The van der Waals surface area contributed by atoms with Gasteiger partial charge in [-0.25, -0.2) is 14.8 Å². The zero-order valence-electron chi connectivity index (χ0n) is 18.0. The van der Waals surface area contributed by atoms with Gasteiger partial charge in [-0.1, -0.05) is 38.1 Å². The molecule has 2 aromatic heterocycles. The lowest BCUT2D eigenvalue weighted by molar-refractivity contribution is -0.0354. The molecule has 1 N–H and O–H groups in total. The van der Waals surface area contributed by atoms with Gasteiger partial charge in [0.15, 0.2) is 5.52 Å². The number of nitrogens with one attached hydrogen (secondary N) is 1. The van der Waals surface area contributed by atoms with E-state index < -0.39 is 0 Å². The van der Waals surface area contributed by atoms with Gasteiger partial charge in [-0.2, -0.15) is 0 Å². The van der Waals surface area contributed by atoms with Gasteiger partial charge < -0.3 is 19.7 Å². The van der Waals surface area contributed by atoms with E-state index >= 15 is 0 Å². The van der Waals surface area contributed by atoms with Gasteiger partial charge in [0.05, 0.1) is 24.4 Å². The minimum absolute atomic E-state index is 0.116. The van der Waals surface area contributed by atoms with Gasteiger partial charge in [-0.15, -0.1) is 0 Å². The fourth-order valence-corrected chi connectivity index (χ4v) is 3.57. The van der Waals surface area contributed by atoms with E-state index in [0.717, 1.165) is 11.3 Å². The predicted octanol–water partition coefficient (Wildman–Crippen LogP) is 3.23. The SMILES string of the molecule is CNC(=O)N1CCOC(COc2nc(-c3ccc(C(C)C)cc3)cc3nccnc23)C1. The number of urea groups is 1. The number of nitrogens with zero attached hydrogens (tertiary/aromatic N) is 4. The molecule has 1 aliphatic rings. The molecule has 0 aliphatic carbocycles. The van der Waals surface area contributed by atoms with E-state index in [0.29, 0.717) is 42.5 Å². The topological polar surface area (TPSA) is 89.5 Å². The van der Waals surface area contributed by atoms with Crippen molar-refractivity contribution < 1.29 is 14.3 Å². The summed E-state index contributed by atoms with van der Waals surface area (Å²) in [6, 6.07) is 10.2. The normalized spacial score (nSPS) is 16.5. The van der Waals surface area contributed by atoms with Crippen LogP contribution < -0.4 is 10.1 Å². The van der Waals surface area contributed by atoms with Crippen molar-refractivity contribution in [3.05, 3.63) is 48.3 Å². The number of amides is 2. The van der Waals surface area contributed by atoms with Gasteiger partial charge in [-0.3, -0.25) is 4.98 Å². The molecular weight excluding hydrogens is 394 g/mol. The van der Waals surface area contributed by atoms with Gasteiger partial charge in [0.2, 0.25) is 5.88 Å². The summed E-state index contributed by atoms with van der Waals surface area (Å²) < 4.78 is 11.8. The average Bonchev–Trinajstić information content (AvgIpc) is 2.82. The number of hydrogen-bond donors (Lipinski definition) is 1. The number of ether oxygens (including phenoxy) is 2. The first-order valence-corrected chi connectivity index (χ1v) is 10.5. The minimum Gasteiger partial charge on any atom is -0.473 e. The Balaban J connectivity index is 1.57. The van der Waals surface area contributed by atoms with Crippen molar-refractivity contribution in [2.75, 3.05) is 33.4 Å². The Morgan fingerprint density at radius 1 is 1.26 bits per heavy atom. The maximum atomic E-state index is 11.9. The quantitative estimate of drug-likeness (QED) is 0.680. The highest BCUT2D eigenvalue weighted by Crippen LogP contribution is 2.28. The van der Waals surface area contributed by atoms with Crippen LogP contribution in [0.4, 0.5) is 4.79 Å². The first-order valence-electron chi connectivity index (χ1n) is 10.5. The molecule has 31 heavy (non-hydrogen) atoms. The van der Waals surface area contributed by atoms with Crippen LogP contribution in [0.25, 0.3) is 22.3 Å². The molecule has 1 atom stereocenters. The number of rotatable bonds is 5. The number of morpholine rings is 1. The maximum Gasteiger partial charge on any atom is 0.317 e. The van der Waals surface area contributed by atoms with Crippen LogP contribution >= 0.6 is 0 Å². The number of fused-ring (bicyclic) bond motifs is 1. The molecule has 8 heteroatoms. The van der Waals surface area contributed by atoms with Crippen molar-refractivity contribution in [3.63, 3.8) is 0 Å². The zero-order valence-corrected chi connectivity index (χ0v) is 18.0. The molecule has 0 bridgehead atoms. The summed E-state index contributed by atoms with van der Waals surface area (Å²) in [5.41, 5.74) is 4.35. The third-order valence-corrected chi connectivity index (χ3v) is 5.34. The molecule has 1 fully saturated rings. The number of hydrogen-bond acceptors (Lipinski definition) is 6. The number of carbonyl (C=O) groups is 1. The third kappa shape index (κ3) is 4.74. The average molecular weight is 422 g/mol. The molecule has 1 saturated heterocycles. The van der Waals surface area contributed by atoms with Crippen LogP contribution in [0.15, 0.2) is 42.7 Å². The predicted molar refractivity (Wildman–Crippen MR) is 118 cm³/mol. The molecule has 8 nitrogen and oxygen atoms in total. The summed E-state index contributed by atoms with van der Waals surface area (Å²) in [6.45, 7) is 6.09. The van der Waals surface area contributed by atoms with Crippen LogP contribution in [0.1, 0.15) is 25.3 Å². The lowest BCUT2D eigenvalue weighted by Crippen LogP contribution is -2.50. The summed E-state index contributed by atoms with van der Waals surface area (Å²) in [6.07, 6.45) is 3.04. The Labute approximate surface area is 181 Å². The Bertz CT molecular complexity index is 1050. The van der Waals surface area contributed by atoms with E-state index in [1.807, 2.05) is 6.07 Å². The first-order chi connectivity index (χ1) is 15.0. The highest BCUT2D eigenvalue weighted by Gasteiger charge is 2.24. The Kier molecular flexibility index (Phi) is 6.27. The van der Waals surface area contributed by atoms with Gasteiger partial charge >= 0.3 is 6.03 Å². The molecule has 4 rings (SSSR count). The second-order valence-electron chi connectivity index (χ2n) is 7.82. The third-order valence-electron chi connectivity index (χ3n) is 5.34. The molecule has 1 unspecified atom stereocenters. The molecule has 1 aromatic carbocycles. The van der Waals surface area contributed by atoms with Crippen molar-refractivity contribution in [3.8, 4) is 17.1 Å². The van der Waals surface area contributed by atoms with Gasteiger partial charge in [-0.05, 0) is 17.5 Å². The highest BCUT2D eigenvalue weighted by molar-refractivity contribution is 5.83. The summed E-state index contributed by atoms with van der Waals surface area (Å²) >= 11 is 0. The summed E-state index contributed by atoms with van der Waals surface area (Å²) in [5.74, 6) is 0.877. The Morgan fingerprint density at radius 3 is 2.77 bits per heavy atom. The van der Waals surface area contributed by atoms with Gasteiger partial charge in [0.1, 0.15) is 12.7 Å². The number of carbonyl (C=O) groups excluding carboxylic acids is 1. The van der Waals surface area contributed by atoms with Crippen molar-refractivity contribution in [1.29, 1.82) is 0 Å². The fourth-order valence-electron chi connectivity index (χ4n) is 3.57. The van der Waals surface area contributed by atoms with Crippen molar-refractivity contribution in [1.82, 2.24) is 25.2 Å². The first kappa shape index (κ1) is 21.0. The molecular formula is C23H27N5O3. The lowest BCUT2D eigenvalue weighted by atomic mass is 10.0. The van der Waals surface area contributed by atoms with Crippen LogP contribution in [-0.4, -0.2) is 65.3 Å². The maximum absolute atomic E-state index is 11.9. The molecule has 1 aliphatic heterocycles. The fraction of sp³-hybridized carbons (Fsp3) is 0.391. The molecule has 3 heterocycles. The van der Waals surface area contributed by atoms with Gasteiger partial charge in [0.25, 0.3) is 0 Å². The van der Waals surface area contributed by atoms with Crippen molar-refractivity contribution >= 4 is 17.1 Å². The second kappa shape index (κ2) is 9.26. The van der Waals surface area contributed by atoms with Crippen LogP contribution in [0.2, 0.25) is 0 Å². The van der Waals surface area contributed by atoms with Crippen LogP contribution in [-0.2, 0) is 4.74 Å². The molecule has 0 saturated carbocycles. The lowest BCUT2D eigenvalue weighted by Gasteiger charge is -2.32. The molecule has 0 spiro atoms. The number of aromatic nitrogens is 3. The van der Waals surface area contributed by atoms with E-state index in [1.54, 1.807) is 24.3 Å².